The number of halogens is 3. The summed E-state index contributed by atoms with van der Waals surface area (Å²) in [5.74, 6) is -0.0875. The molecule has 100 valence electrons. The SMILES string of the molecule is COc1cc(C(Br)Cc2ccc(Cl)cc2)ccc1F. The molecule has 2 rings (SSSR count). The minimum Gasteiger partial charge on any atom is -0.494 e. The molecule has 1 atom stereocenters. The van der Waals surface area contributed by atoms with Crippen LogP contribution in [0.3, 0.4) is 0 Å². The maximum atomic E-state index is 13.3. The maximum absolute atomic E-state index is 13.3. The molecule has 0 aliphatic rings. The molecule has 1 unspecified atom stereocenters. The Hall–Kier alpha value is -1.06. The molecule has 0 N–H and O–H groups in total. The Bertz CT molecular complexity index is 557. The molecule has 1 nitrogen and oxygen atoms in total. The highest BCUT2D eigenvalue weighted by molar-refractivity contribution is 9.09. The van der Waals surface area contributed by atoms with Crippen molar-refractivity contribution < 1.29 is 9.13 Å². The normalized spacial score (nSPS) is 12.2. The number of ether oxygens (including phenoxy) is 1. The summed E-state index contributed by atoms with van der Waals surface area (Å²) in [5.41, 5.74) is 2.14. The highest BCUT2D eigenvalue weighted by atomic mass is 79.9. The molecule has 0 aliphatic heterocycles. The van der Waals surface area contributed by atoms with Gasteiger partial charge in [-0.2, -0.15) is 0 Å². The van der Waals surface area contributed by atoms with Crippen LogP contribution in [0, 0.1) is 5.82 Å². The lowest BCUT2D eigenvalue weighted by Crippen LogP contribution is -1.97. The Balaban J connectivity index is 2.15. The van der Waals surface area contributed by atoms with Crippen LogP contribution in [0.5, 0.6) is 5.75 Å². The number of hydrogen-bond acceptors (Lipinski definition) is 1. The molecule has 0 radical (unpaired) electrons. The van der Waals surface area contributed by atoms with E-state index in [0.29, 0.717) is 0 Å². The van der Waals surface area contributed by atoms with Gasteiger partial charge in [0, 0.05) is 9.85 Å². The van der Waals surface area contributed by atoms with Crippen molar-refractivity contribution in [1.29, 1.82) is 0 Å². The standard InChI is InChI=1S/C15H13BrClFO/c1-19-15-9-11(4-7-14(15)18)13(16)8-10-2-5-12(17)6-3-10/h2-7,9,13H,8H2,1H3. The summed E-state index contributed by atoms with van der Waals surface area (Å²) < 4.78 is 18.3. The number of hydrogen-bond donors (Lipinski definition) is 0. The van der Waals surface area contributed by atoms with E-state index in [1.165, 1.54) is 13.2 Å². The van der Waals surface area contributed by atoms with E-state index in [-0.39, 0.29) is 16.4 Å². The van der Waals surface area contributed by atoms with Crippen LogP contribution in [-0.2, 0) is 6.42 Å². The van der Waals surface area contributed by atoms with Crippen LogP contribution >= 0.6 is 27.5 Å². The summed E-state index contributed by atoms with van der Waals surface area (Å²) >= 11 is 9.47. The fourth-order valence-electron chi connectivity index (χ4n) is 1.82. The third-order valence-corrected chi connectivity index (χ3v) is 3.97. The molecule has 0 saturated heterocycles. The Morgan fingerprint density at radius 2 is 1.89 bits per heavy atom. The molecule has 0 aromatic heterocycles. The van der Waals surface area contributed by atoms with Gasteiger partial charge in [-0.15, -0.1) is 0 Å². The Morgan fingerprint density at radius 1 is 1.21 bits per heavy atom. The molecule has 2 aromatic rings. The number of methoxy groups -OCH3 is 1. The first-order chi connectivity index (χ1) is 9.10. The first kappa shape index (κ1) is 14.4. The zero-order valence-corrected chi connectivity index (χ0v) is 12.7. The average Bonchev–Trinajstić information content (AvgIpc) is 2.42. The molecular weight excluding hydrogens is 331 g/mol. The van der Waals surface area contributed by atoms with Crippen LogP contribution in [0.15, 0.2) is 42.5 Å². The smallest absolute Gasteiger partial charge is 0.165 e. The van der Waals surface area contributed by atoms with E-state index in [0.717, 1.165) is 22.6 Å². The van der Waals surface area contributed by atoms with Gasteiger partial charge in [-0.05, 0) is 41.8 Å². The van der Waals surface area contributed by atoms with Crippen molar-refractivity contribution in [1.82, 2.24) is 0 Å². The maximum Gasteiger partial charge on any atom is 0.165 e. The molecule has 4 heteroatoms. The van der Waals surface area contributed by atoms with Gasteiger partial charge in [-0.1, -0.05) is 45.7 Å². The van der Waals surface area contributed by atoms with E-state index in [4.69, 9.17) is 16.3 Å². The summed E-state index contributed by atoms with van der Waals surface area (Å²) in [6.07, 6.45) is 0.798. The van der Waals surface area contributed by atoms with Crippen LogP contribution < -0.4 is 4.74 Å². The summed E-state index contributed by atoms with van der Waals surface area (Å²) in [5, 5.41) is 0.721. The van der Waals surface area contributed by atoms with Crippen LogP contribution in [0.1, 0.15) is 16.0 Å². The molecule has 0 heterocycles. The van der Waals surface area contributed by atoms with E-state index >= 15 is 0 Å². The van der Waals surface area contributed by atoms with Gasteiger partial charge in [-0.25, -0.2) is 4.39 Å². The molecule has 0 saturated carbocycles. The lowest BCUT2D eigenvalue weighted by atomic mass is 10.0. The summed E-state index contributed by atoms with van der Waals surface area (Å²) in [4.78, 5) is 0.100. The Labute approximate surface area is 125 Å². The van der Waals surface area contributed by atoms with E-state index < -0.39 is 0 Å². The van der Waals surface area contributed by atoms with Crippen molar-refractivity contribution in [2.45, 2.75) is 11.2 Å². The minimum atomic E-state index is -0.350. The third kappa shape index (κ3) is 3.71. The Kier molecular flexibility index (Phi) is 4.83. The van der Waals surface area contributed by atoms with Crippen LogP contribution in [0.4, 0.5) is 4.39 Å². The van der Waals surface area contributed by atoms with E-state index in [1.807, 2.05) is 24.3 Å². The highest BCUT2D eigenvalue weighted by Crippen LogP contribution is 2.30. The molecule has 0 amide bonds. The van der Waals surface area contributed by atoms with Gasteiger partial charge >= 0.3 is 0 Å². The van der Waals surface area contributed by atoms with Gasteiger partial charge in [0.25, 0.3) is 0 Å². The quantitative estimate of drug-likeness (QED) is 0.696. The first-order valence-corrected chi connectivity index (χ1v) is 7.11. The van der Waals surface area contributed by atoms with E-state index in [1.54, 1.807) is 12.1 Å². The number of rotatable bonds is 4. The lowest BCUT2D eigenvalue weighted by Gasteiger charge is -2.12. The fourth-order valence-corrected chi connectivity index (χ4v) is 2.60. The predicted octanol–water partition coefficient (Wildman–Crippen LogP) is 5.17. The second-order valence-electron chi connectivity index (χ2n) is 4.19. The second kappa shape index (κ2) is 6.40. The largest absolute Gasteiger partial charge is 0.494 e. The van der Waals surface area contributed by atoms with E-state index in [9.17, 15) is 4.39 Å². The molecule has 19 heavy (non-hydrogen) atoms. The van der Waals surface area contributed by atoms with Crippen LogP contribution in [0.25, 0.3) is 0 Å². The molecule has 2 aromatic carbocycles. The predicted molar refractivity (Wildman–Crippen MR) is 79.8 cm³/mol. The zero-order chi connectivity index (χ0) is 13.8. The fraction of sp³-hybridized carbons (Fsp3) is 0.200. The van der Waals surface area contributed by atoms with Crippen molar-refractivity contribution in [2.24, 2.45) is 0 Å². The average molecular weight is 344 g/mol. The summed E-state index contributed by atoms with van der Waals surface area (Å²) in [6, 6.07) is 12.6. The van der Waals surface area contributed by atoms with Gasteiger partial charge < -0.3 is 4.74 Å². The minimum absolute atomic E-state index is 0.100. The van der Waals surface area contributed by atoms with Gasteiger partial charge in [0.05, 0.1) is 7.11 Å². The highest BCUT2D eigenvalue weighted by Gasteiger charge is 2.12. The molecule has 0 spiro atoms. The third-order valence-electron chi connectivity index (χ3n) is 2.87. The molecule has 0 aliphatic carbocycles. The zero-order valence-electron chi connectivity index (χ0n) is 10.4. The van der Waals surface area contributed by atoms with Crippen molar-refractivity contribution in [3.05, 3.63) is 64.4 Å². The second-order valence-corrected chi connectivity index (χ2v) is 5.73. The van der Waals surface area contributed by atoms with Crippen molar-refractivity contribution in [2.75, 3.05) is 7.11 Å². The monoisotopic (exact) mass is 342 g/mol. The molecular formula is C15H13BrClFO. The van der Waals surface area contributed by atoms with Crippen LogP contribution in [0.2, 0.25) is 5.02 Å². The van der Waals surface area contributed by atoms with Gasteiger partial charge in [0.1, 0.15) is 0 Å². The van der Waals surface area contributed by atoms with Crippen molar-refractivity contribution in [3.63, 3.8) is 0 Å². The van der Waals surface area contributed by atoms with Crippen molar-refractivity contribution in [3.8, 4) is 5.75 Å². The lowest BCUT2D eigenvalue weighted by molar-refractivity contribution is 0.386. The van der Waals surface area contributed by atoms with Gasteiger partial charge in [0.2, 0.25) is 0 Å². The van der Waals surface area contributed by atoms with Gasteiger partial charge in [-0.3, -0.25) is 0 Å². The van der Waals surface area contributed by atoms with Crippen LogP contribution in [-0.4, -0.2) is 7.11 Å². The topological polar surface area (TPSA) is 9.23 Å². The number of alkyl halides is 1. The first-order valence-electron chi connectivity index (χ1n) is 5.82. The molecule has 0 fully saturated rings. The number of benzene rings is 2. The summed E-state index contributed by atoms with van der Waals surface area (Å²) in [6.45, 7) is 0. The van der Waals surface area contributed by atoms with E-state index in [2.05, 4.69) is 15.9 Å². The van der Waals surface area contributed by atoms with Crippen molar-refractivity contribution >= 4 is 27.5 Å². The van der Waals surface area contributed by atoms with Gasteiger partial charge in [0.15, 0.2) is 11.6 Å². The molecule has 0 bridgehead atoms. The summed E-state index contributed by atoms with van der Waals surface area (Å²) in [7, 11) is 1.46. The Morgan fingerprint density at radius 3 is 2.53 bits per heavy atom.